The average Bonchev–Trinajstić information content (AvgIpc) is 2.75. The van der Waals surface area contributed by atoms with Gasteiger partial charge in [-0.2, -0.15) is 0 Å². The summed E-state index contributed by atoms with van der Waals surface area (Å²) in [6.07, 6.45) is 1.48. The highest BCUT2D eigenvalue weighted by molar-refractivity contribution is 7.16. The van der Waals surface area contributed by atoms with Crippen LogP contribution >= 0.6 is 22.9 Å². The molecule has 4 nitrogen and oxygen atoms in total. The van der Waals surface area contributed by atoms with Crippen molar-refractivity contribution >= 4 is 34.7 Å². The highest BCUT2D eigenvalue weighted by Gasteiger charge is 2.13. The summed E-state index contributed by atoms with van der Waals surface area (Å²) in [5, 5.41) is 0. The number of carbonyl (C=O) groups excluding carboxylic acids is 1. The zero-order valence-electron chi connectivity index (χ0n) is 9.76. The van der Waals surface area contributed by atoms with Crippen molar-refractivity contribution in [3.8, 4) is 0 Å². The molecule has 6 heteroatoms. The summed E-state index contributed by atoms with van der Waals surface area (Å²) < 4.78 is 0.722. The van der Waals surface area contributed by atoms with Crippen LogP contribution in [0.25, 0.3) is 0 Å². The van der Waals surface area contributed by atoms with E-state index < -0.39 is 0 Å². The van der Waals surface area contributed by atoms with Crippen molar-refractivity contribution in [2.24, 2.45) is 0 Å². The van der Waals surface area contributed by atoms with Crippen LogP contribution in [0.15, 0.2) is 30.5 Å². The van der Waals surface area contributed by atoms with E-state index in [0.29, 0.717) is 17.9 Å². The molecule has 0 saturated carbocycles. The predicted molar refractivity (Wildman–Crippen MR) is 73.8 cm³/mol. The number of hydrogen-bond acceptors (Lipinski definition) is 4. The number of carbonyl (C=O) groups is 1. The molecule has 0 aromatic carbocycles. The van der Waals surface area contributed by atoms with E-state index in [9.17, 15) is 4.79 Å². The first-order chi connectivity index (χ1) is 8.56. The van der Waals surface area contributed by atoms with Crippen molar-refractivity contribution in [2.45, 2.75) is 6.54 Å². The molecule has 2 heterocycles. The number of thiophene rings is 1. The number of amides is 1. The van der Waals surface area contributed by atoms with Gasteiger partial charge in [-0.25, -0.2) is 4.98 Å². The van der Waals surface area contributed by atoms with Crippen molar-refractivity contribution in [1.82, 2.24) is 9.88 Å². The third-order valence-corrected chi connectivity index (χ3v) is 3.62. The molecule has 2 N–H and O–H groups in total. The fourth-order valence-corrected chi connectivity index (χ4v) is 2.64. The first-order valence-corrected chi connectivity index (χ1v) is 6.47. The van der Waals surface area contributed by atoms with Gasteiger partial charge in [-0.1, -0.05) is 11.6 Å². The molecule has 0 aliphatic heterocycles. The summed E-state index contributed by atoms with van der Waals surface area (Å²) in [5.41, 5.74) is 6.00. The van der Waals surface area contributed by atoms with Gasteiger partial charge in [0.15, 0.2) is 0 Å². The third-order valence-electron chi connectivity index (χ3n) is 2.40. The topological polar surface area (TPSA) is 59.2 Å². The highest BCUT2D eigenvalue weighted by atomic mass is 35.5. The van der Waals surface area contributed by atoms with E-state index >= 15 is 0 Å². The lowest BCUT2D eigenvalue weighted by Crippen LogP contribution is -2.25. The summed E-state index contributed by atoms with van der Waals surface area (Å²) in [7, 11) is 1.74. The summed E-state index contributed by atoms with van der Waals surface area (Å²) in [5.74, 6) is 0.311. The molecule has 2 rings (SSSR count). The van der Waals surface area contributed by atoms with Crippen molar-refractivity contribution < 1.29 is 4.79 Å². The van der Waals surface area contributed by atoms with Crippen LogP contribution in [0.1, 0.15) is 15.2 Å². The van der Waals surface area contributed by atoms with Crippen LogP contribution in [0.4, 0.5) is 5.82 Å². The number of nitrogens with two attached hydrogens (primary N) is 1. The van der Waals surface area contributed by atoms with E-state index in [4.69, 9.17) is 17.3 Å². The second kappa shape index (κ2) is 5.37. The Morgan fingerprint density at radius 1 is 1.44 bits per heavy atom. The van der Waals surface area contributed by atoms with Crippen LogP contribution < -0.4 is 5.73 Å². The number of rotatable bonds is 3. The normalized spacial score (nSPS) is 10.3. The summed E-state index contributed by atoms with van der Waals surface area (Å²) in [4.78, 5) is 18.7. The van der Waals surface area contributed by atoms with Crippen molar-refractivity contribution in [3.63, 3.8) is 0 Å². The SMILES string of the molecule is CN(Cc1ccc(Cl)s1)C(=O)c1ccc(N)nc1. The molecule has 0 fully saturated rings. The Labute approximate surface area is 114 Å². The third kappa shape index (κ3) is 3.00. The van der Waals surface area contributed by atoms with Gasteiger partial charge in [0, 0.05) is 18.1 Å². The molecule has 0 bridgehead atoms. The zero-order chi connectivity index (χ0) is 13.1. The highest BCUT2D eigenvalue weighted by Crippen LogP contribution is 2.22. The molecular weight excluding hydrogens is 270 g/mol. The molecular formula is C12H12ClN3OS. The standard InChI is InChI=1S/C12H12ClN3OS/c1-16(7-9-3-4-10(13)18-9)12(17)8-2-5-11(14)15-6-8/h2-6H,7H2,1H3,(H2,14,15). The van der Waals surface area contributed by atoms with E-state index in [0.717, 1.165) is 9.21 Å². The number of nitrogens with zero attached hydrogens (tertiary/aromatic N) is 2. The molecule has 1 amide bonds. The Bertz CT molecular complexity index is 553. The second-order valence-electron chi connectivity index (χ2n) is 3.84. The van der Waals surface area contributed by atoms with Crippen LogP contribution in [0, 0.1) is 0 Å². The van der Waals surface area contributed by atoms with E-state index in [1.807, 2.05) is 12.1 Å². The smallest absolute Gasteiger partial charge is 0.255 e. The minimum Gasteiger partial charge on any atom is -0.384 e. The van der Waals surface area contributed by atoms with Crippen molar-refractivity contribution in [3.05, 3.63) is 45.2 Å². The van der Waals surface area contributed by atoms with E-state index in [1.165, 1.54) is 17.5 Å². The summed E-state index contributed by atoms with van der Waals surface area (Å²) >= 11 is 7.32. The van der Waals surface area contributed by atoms with Gasteiger partial charge in [0.2, 0.25) is 0 Å². The average molecular weight is 282 g/mol. The quantitative estimate of drug-likeness (QED) is 0.941. The van der Waals surface area contributed by atoms with Crippen LogP contribution in [0.3, 0.4) is 0 Å². The molecule has 0 atom stereocenters. The number of aromatic nitrogens is 1. The van der Waals surface area contributed by atoms with Gasteiger partial charge in [-0.05, 0) is 24.3 Å². The minimum absolute atomic E-state index is 0.0907. The molecule has 0 spiro atoms. The fourth-order valence-electron chi connectivity index (χ4n) is 1.49. The number of pyridine rings is 1. The predicted octanol–water partition coefficient (Wildman–Crippen LogP) is 2.65. The van der Waals surface area contributed by atoms with Crippen LogP contribution in [0.5, 0.6) is 0 Å². The van der Waals surface area contributed by atoms with Crippen molar-refractivity contribution in [1.29, 1.82) is 0 Å². The molecule has 0 radical (unpaired) electrons. The molecule has 0 aliphatic rings. The minimum atomic E-state index is -0.0907. The van der Waals surface area contributed by atoms with Crippen molar-refractivity contribution in [2.75, 3.05) is 12.8 Å². The molecule has 0 saturated heterocycles. The van der Waals surface area contributed by atoms with Gasteiger partial charge in [-0.3, -0.25) is 4.79 Å². The van der Waals surface area contributed by atoms with Gasteiger partial charge in [-0.15, -0.1) is 11.3 Å². The Morgan fingerprint density at radius 2 is 2.22 bits per heavy atom. The van der Waals surface area contributed by atoms with Gasteiger partial charge in [0.25, 0.3) is 5.91 Å². The molecule has 0 aliphatic carbocycles. The monoisotopic (exact) mass is 281 g/mol. The zero-order valence-corrected chi connectivity index (χ0v) is 11.3. The number of hydrogen-bond donors (Lipinski definition) is 1. The Morgan fingerprint density at radius 3 is 2.78 bits per heavy atom. The molecule has 94 valence electrons. The molecule has 0 unspecified atom stereocenters. The Hall–Kier alpha value is -1.59. The first-order valence-electron chi connectivity index (χ1n) is 5.27. The van der Waals surface area contributed by atoms with Crippen LogP contribution in [-0.2, 0) is 6.54 Å². The van der Waals surface area contributed by atoms with Crippen LogP contribution in [-0.4, -0.2) is 22.8 Å². The maximum absolute atomic E-state index is 12.1. The molecule has 18 heavy (non-hydrogen) atoms. The largest absolute Gasteiger partial charge is 0.384 e. The first kappa shape index (κ1) is 12.9. The Kier molecular flexibility index (Phi) is 3.84. The van der Waals surface area contributed by atoms with Crippen LogP contribution in [0.2, 0.25) is 4.34 Å². The van der Waals surface area contributed by atoms with Gasteiger partial charge in [0.1, 0.15) is 5.82 Å². The second-order valence-corrected chi connectivity index (χ2v) is 5.64. The van der Waals surface area contributed by atoms with E-state index in [1.54, 1.807) is 24.1 Å². The molecule has 2 aromatic rings. The van der Waals surface area contributed by atoms with Gasteiger partial charge >= 0.3 is 0 Å². The number of nitrogen functional groups attached to an aromatic ring is 1. The fraction of sp³-hybridized carbons (Fsp3) is 0.167. The summed E-state index contributed by atoms with van der Waals surface area (Å²) in [6, 6.07) is 7.02. The van der Waals surface area contributed by atoms with E-state index in [2.05, 4.69) is 4.98 Å². The van der Waals surface area contributed by atoms with E-state index in [-0.39, 0.29) is 5.91 Å². The maximum Gasteiger partial charge on any atom is 0.255 e. The maximum atomic E-state index is 12.1. The number of anilines is 1. The lowest BCUT2D eigenvalue weighted by molar-refractivity contribution is 0.0786. The Balaban J connectivity index is 2.07. The number of halogens is 1. The lowest BCUT2D eigenvalue weighted by atomic mass is 10.2. The summed E-state index contributed by atoms with van der Waals surface area (Å²) in [6.45, 7) is 0.528. The van der Waals surface area contributed by atoms with Gasteiger partial charge < -0.3 is 10.6 Å². The van der Waals surface area contributed by atoms with Gasteiger partial charge in [0.05, 0.1) is 16.4 Å². The molecule has 2 aromatic heterocycles. The lowest BCUT2D eigenvalue weighted by Gasteiger charge is -2.15.